The number of nitrogens with zero attached hydrogens (tertiary/aromatic N) is 2. The number of rotatable bonds is 3. The van der Waals surface area contributed by atoms with E-state index in [2.05, 4.69) is 23.6 Å². The summed E-state index contributed by atoms with van der Waals surface area (Å²) in [5.74, 6) is -0.189. The third-order valence-corrected chi connectivity index (χ3v) is 3.05. The van der Waals surface area contributed by atoms with Crippen molar-refractivity contribution in [3.05, 3.63) is 46.5 Å². The molecule has 1 aromatic heterocycles. The molecule has 0 fully saturated rings. The summed E-state index contributed by atoms with van der Waals surface area (Å²) in [5, 5.41) is 0.535. The van der Waals surface area contributed by atoms with Crippen LogP contribution in [0.2, 0.25) is 0 Å². The number of methoxy groups -OCH3 is 1. The normalized spacial score (nSPS) is 11.4. The van der Waals surface area contributed by atoms with Crippen molar-refractivity contribution in [3.8, 4) is 0 Å². The number of hydrogen-bond donors (Lipinski definition) is 0. The molecule has 0 amide bonds. The largest absolute Gasteiger partial charge is 0.466 e. The van der Waals surface area contributed by atoms with Crippen LogP contribution in [-0.2, 0) is 9.53 Å². The Bertz CT molecular complexity index is 729. The van der Waals surface area contributed by atoms with Gasteiger partial charge in [-0.15, -0.1) is 0 Å². The second-order valence-corrected chi connectivity index (χ2v) is 4.73. The van der Waals surface area contributed by atoms with Gasteiger partial charge in [-0.2, -0.15) is 0 Å². The predicted molar refractivity (Wildman–Crippen MR) is 77.4 cm³/mol. The first-order chi connectivity index (χ1) is 9.52. The van der Waals surface area contributed by atoms with Crippen LogP contribution in [0, 0.1) is 0 Å². The van der Waals surface area contributed by atoms with E-state index in [0.29, 0.717) is 16.8 Å². The molecule has 5 nitrogen and oxygen atoms in total. The lowest BCUT2D eigenvalue weighted by Crippen LogP contribution is -2.16. The van der Waals surface area contributed by atoms with E-state index in [4.69, 9.17) is 0 Å². The molecule has 0 spiro atoms. The van der Waals surface area contributed by atoms with Crippen LogP contribution >= 0.6 is 0 Å². The first kappa shape index (κ1) is 14.0. The maximum atomic E-state index is 12.3. The van der Waals surface area contributed by atoms with Crippen LogP contribution in [0.25, 0.3) is 17.1 Å². The maximum absolute atomic E-state index is 12.3. The lowest BCUT2D eigenvalue weighted by Gasteiger charge is -2.07. The van der Waals surface area contributed by atoms with E-state index in [9.17, 15) is 9.59 Å². The summed E-state index contributed by atoms with van der Waals surface area (Å²) in [6.07, 6.45) is 3.92. The summed E-state index contributed by atoms with van der Waals surface area (Å²) >= 11 is 0. The quantitative estimate of drug-likeness (QED) is 0.634. The average molecular weight is 272 g/mol. The average Bonchev–Trinajstić information content (AvgIpc) is 2.45. The van der Waals surface area contributed by atoms with Crippen LogP contribution in [-0.4, -0.2) is 22.6 Å². The van der Waals surface area contributed by atoms with E-state index < -0.39 is 5.97 Å². The molecule has 104 valence electrons. The molecule has 0 bridgehead atoms. The van der Waals surface area contributed by atoms with E-state index in [1.165, 1.54) is 30.3 Å². The molecule has 0 saturated heterocycles. The van der Waals surface area contributed by atoms with E-state index in [1.54, 1.807) is 0 Å². The Kier molecular flexibility index (Phi) is 3.98. The lowest BCUT2D eigenvalue weighted by molar-refractivity contribution is -0.134. The zero-order chi connectivity index (χ0) is 14.7. The molecule has 1 heterocycles. The molecule has 5 heteroatoms. The highest BCUT2D eigenvalue weighted by Gasteiger charge is 2.06. The molecule has 0 N–H and O–H groups in total. The highest BCUT2D eigenvalue weighted by Crippen LogP contribution is 2.17. The van der Waals surface area contributed by atoms with Gasteiger partial charge in [0.15, 0.2) is 0 Å². The molecular formula is C15H16N2O3. The van der Waals surface area contributed by atoms with Crippen molar-refractivity contribution >= 4 is 23.1 Å². The predicted octanol–water partition coefficient (Wildman–Crippen LogP) is 2.16. The number of esters is 1. The Labute approximate surface area is 116 Å². The van der Waals surface area contributed by atoms with Crippen LogP contribution < -0.4 is 5.56 Å². The number of fused-ring (bicyclic) bond motifs is 1. The Morgan fingerprint density at radius 3 is 2.80 bits per heavy atom. The van der Waals surface area contributed by atoms with E-state index in [1.807, 2.05) is 18.2 Å². The molecule has 2 aromatic rings. The van der Waals surface area contributed by atoms with Crippen molar-refractivity contribution in [2.24, 2.45) is 0 Å². The van der Waals surface area contributed by atoms with E-state index in [-0.39, 0.29) is 5.56 Å². The zero-order valence-electron chi connectivity index (χ0n) is 11.7. The minimum atomic E-state index is -0.520. The first-order valence-electron chi connectivity index (χ1n) is 6.30. The standard InChI is InChI=1S/C15H16N2O3/c1-10(2)11-4-5-13-12(8-11)15(19)17(9-16-13)7-6-14(18)20-3/h4-10H,1-3H3/b7-6+. The second-order valence-electron chi connectivity index (χ2n) is 4.73. The van der Waals surface area contributed by atoms with Gasteiger partial charge >= 0.3 is 5.97 Å². The molecule has 20 heavy (non-hydrogen) atoms. The number of benzene rings is 1. The summed E-state index contributed by atoms with van der Waals surface area (Å²) in [5.41, 5.74) is 1.51. The SMILES string of the molecule is COC(=O)/C=C/n1cnc2ccc(C(C)C)cc2c1=O. The smallest absolute Gasteiger partial charge is 0.331 e. The van der Waals surface area contributed by atoms with Crippen LogP contribution in [0.15, 0.2) is 35.4 Å². The number of hydrogen-bond acceptors (Lipinski definition) is 4. The van der Waals surface area contributed by atoms with Crippen LogP contribution in [0.5, 0.6) is 0 Å². The molecule has 1 aromatic carbocycles. The van der Waals surface area contributed by atoms with Gasteiger partial charge in [-0.1, -0.05) is 19.9 Å². The summed E-state index contributed by atoms with van der Waals surface area (Å²) in [7, 11) is 1.28. The Hall–Kier alpha value is -2.43. The van der Waals surface area contributed by atoms with Gasteiger partial charge in [-0.25, -0.2) is 9.78 Å². The Balaban J connectivity index is 2.54. The molecule has 0 unspecified atom stereocenters. The maximum Gasteiger partial charge on any atom is 0.331 e. The summed E-state index contributed by atoms with van der Waals surface area (Å²) in [4.78, 5) is 27.6. The van der Waals surface area contributed by atoms with Gasteiger partial charge in [0.2, 0.25) is 0 Å². The van der Waals surface area contributed by atoms with Crippen molar-refractivity contribution in [2.75, 3.05) is 7.11 Å². The number of aromatic nitrogens is 2. The highest BCUT2D eigenvalue weighted by molar-refractivity contribution is 5.85. The molecule has 0 atom stereocenters. The van der Waals surface area contributed by atoms with Crippen molar-refractivity contribution in [1.82, 2.24) is 9.55 Å². The number of carbonyl (C=O) groups is 1. The topological polar surface area (TPSA) is 61.2 Å². The fraction of sp³-hybridized carbons (Fsp3) is 0.267. The van der Waals surface area contributed by atoms with Crippen molar-refractivity contribution in [3.63, 3.8) is 0 Å². The van der Waals surface area contributed by atoms with Crippen LogP contribution in [0.3, 0.4) is 0 Å². The summed E-state index contributed by atoms with van der Waals surface area (Å²) in [6, 6.07) is 5.65. The molecule has 0 aliphatic rings. The van der Waals surface area contributed by atoms with Gasteiger partial charge in [-0.05, 0) is 23.6 Å². The van der Waals surface area contributed by atoms with Gasteiger partial charge in [0.1, 0.15) is 6.33 Å². The van der Waals surface area contributed by atoms with Crippen LogP contribution in [0.1, 0.15) is 25.3 Å². The van der Waals surface area contributed by atoms with E-state index in [0.717, 1.165) is 5.56 Å². The van der Waals surface area contributed by atoms with E-state index >= 15 is 0 Å². The third kappa shape index (κ3) is 2.77. The fourth-order valence-corrected chi connectivity index (χ4v) is 1.83. The molecule has 0 aliphatic carbocycles. The number of ether oxygens (including phenoxy) is 1. The lowest BCUT2D eigenvalue weighted by atomic mass is 10.0. The monoisotopic (exact) mass is 272 g/mol. The molecule has 0 radical (unpaired) electrons. The van der Waals surface area contributed by atoms with Crippen molar-refractivity contribution < 1.29 is 9.53 Å². The highest BCUT2D eigenvalue weighted by atomic mass is 16.5. The minimum Gasteiger partial charge on any atom is -0.466 e. The minimum absolute atomic E-state index is 0.211. The van der Waals surface area contributed by atoms with Gasteiger partial charge in [0, 0.05) is 12.3 Å². The second kappa shape index (κ2) is 5.69. The first-order valence-corrected chi connectivity index (χ1v) is 6.30. The molecular weight excluding hydrogens is 256 g/mol. The molecule has 2 rings (SSSR count). The van der Waals surface area contributed by atoms with Gasteiger partial charge < -0.3 is 4.74 Å². The third-order valence-electron chi connectivity index (χ3n) is 3.05. The number of carbonyl (C=O) groups excluding carboxylic acids is 1. The van der Waals surface area contributed by atoms with Gasteiger partial charge in [0.25, 0.3) is 5.56 Å². The molecule has 0 saturated carbocycles. The zero-order valence-corrected chi connectivity index (χ0v) is 11.7. The fourth-order valence-electron chi connectivity index (χ4n) is 1.83. The van der Waals surface area contributed by atoms with Crippen molar-refractivity contribution in [1.29, 1.82) is 0 Å². The van der Waals surface area contributed by atoms with Crippen LogP contribution in [0.4, 0.5) is 0 Å². The summed E-state index contributed by atoms with van der Waals surface area (Å²) in [6.45, 7) is 4.13. The molecule has 0 aliphatic heterocycles. The Morgan fingerprint density at radius 1 is 1.40 bits per heavy atom. The van der Waals surface area contributed by atoms with Gasteiger partial charge in [0.05, 0.1) is 18.0 Å². The summed E-state index contributed by atoms with van der Waals surface area (Å²) < 4.78 is 5.76. The Morgan fingerprint density at radius 2 is 2.15 bits per heavy atom. The van der Waals surface area contributed by atoms with Gasteiger partial charge in [-0.3, -0.25) is 9.36 Å². The van der Waals surface area contributed by atoms with Crippen molar-refractivity contribution in [2.45, 2.75) is 19.8 Å².